The van der Waals surface area contributed by atoms with E-state index in [1.807, 2.05) is 0 Å². The second-order valence-corrected chi connectivity index (χ2v) is 8.13. The molecule has 1 aliphatic rings. The average molecular weight is 499 g/mol. The van der Waals surface area contributed by atoms with Crippen LogP contribution >= 0.6 is 27.3 Å². The lowest BCUT2D eigenvalue weighted by atomic mass is 10.1. The Bertz CT molecular complexity index is 1080. The number of carbonyl (C=O) groups excluding carboxylic acids is 1. The van der Waals surface area contributed by atoms with Gasteiger partial charge in [-0.05, 0) is 28.1 Å². The van der Waals surface area contributed by atoms with E-state index in [4.69, 9.17) is 9.47 Å². The zero-order valence-corrected chi connectivity index (χ0v) is 17.7. The zero-order chi connectivity index (χ0) is 21.3. The molecule has 30 heavy (non-hydrogen) atoms. The van der Waals surface area contributed by atoms with Gasteiger partial charge in [0.05, 0.1) is 23.4 Å². The molecule has 0 saturated heterocycles. The Balaban J connectivity index is 1.43. The van der Waals surface area contributed by atoms with Crippen molar-refractivity contribution in [2.24, 2.45) is 0 Å². The summed E-state index contributed by atoms with van der Waals surface area (Å²) < 4.78 is 49.8. The van der Waals surface area contributed by atoms with E-state index in [-0.39, 0.29) is 12.3 Å². The van der Waals surface area contributed by atoms with E-state index in [0.717, 1.165) is 12.1 Å². The first-order valence-corrected chi connectivity index (χ1v) is 10.5. The Morgan fingerprint density at radius 1 is 1.13 bits per heavy atom. The lowest BCUT2D eigenvalue weighted by Gasteiger charge is -2.20. The van der Waals surface area contributed by atoms with Crippen LogP contribution < -0.4 is 14.8 Å². The van der Waals surface area contributed by atoms with Crippen LogP contribution in [0.5, 0.6) is 11.5 Å². The molecule has 0 unspecified atom stereocenters. The predicted octanol–water partition coefficient (Wildman–Crippen LogP) is 5.54. The molecule has 4 rings (SSSR count). The first-order valence-electron chi connectivity index (χ1n) is 8.80. The van der Waals surface area contributed by atoms with E-state index in [9.17, 15) is 18.0 Å². The third-order valence-electron chi connectivity index (χ3n) is 4.26. The number of ether oxygens (including phenoxy) is 2. The molecule has 156 valence electrons. The molecule has 1 amide bonds. The van der Waals surface area contributed by atoms with E-state index < -0.39 is 11.7 Å². The van der Waals surface area contributed by atoms with Gasteiger partial charge in [0.1, 0.15) is 18.2 Å². The average Bonchev–Trinajstić information content (AvgIpc) is 3.16. The molecule has 1 aliphatic heterocycles. The van der Waals surface area contributed by atoms with Crippen LogP contribution in [0.2, 0.25) is 0 Å². The number of aromatic nitrogens is 1. The number of amides is 1. The van der Waals surface area contributed by atoms with Gasteiger partial charge in [-0.1, -0.05) is 12.1 Å². The summed E-state index contributed by atoms with van der Waals surface area (Å²) in [5.41, 5.74) is 0.921. The minimum absolute atomic E-state index is 0.0258. The molecule has 0 saturated carbocycles. The van der Waals surface area contributed by atoms with Gasteiger partial charge in [-0.25, -0.2) is 4.98 Å². The molecular weight excluding hydrogens is 485 g/mol. The summed E-state index contributed by atoms with van der Waals surface area (Å²) in [4.78, 5) is 16.8. The molecule has 1 N–H and O–H groups in total. The van der Waals surface area contributed by atoms with Crippen LogP contribution in [0.15, 0.2) is 46.3 Å². The Kier molecular flexibility index (Phi) is 5.70. The van der Waals surface area contributed by atoms with Crippen LogP contribution in [-0.4, -0.2) is 24.1 Å². The summed E-state index contributed by atoms with van der Waals surface area (Å²) in [7, 11) is 0. The van der Waals surface area contributed by atoms with Crippen molar-refractivity contribution in [2.75, 3.05) is 18.5 Å². The van der Waals surface area contributed by atoms with Crippen LogP contribution in [0.1, 0.15) is 11.3 Å². The van der Waals surface area contributed by atoms with E-state index in [0.29, 0.717) is 51.1 Å². The van der Waals surface area contributed by atoms with E-state index in [1.54, 1.807) is 17.5 Å². The highest BCUT2D eigenvalue weighted by atomic mass is 79.9. The third-order valence-corrected chi connectivity index (χ3v) is 5.85. The fraction of sp³-hybridized carbons (Fsp3) is 0.200. The molecule has 1 aromatic heterocycles. The van der Waals surface area contributed by atoms with Gasteiger partial charge in [0.2, 0.25) is 5.91 Å². The van der Waals surface area contributed by atoms with Gasteiger partial charge in [-0.15, -0.1) is 11.3 Å². The molecule has 10 heteroatoms. The number of hydrogen-bond donors (Lipinski definition) is 1. The number of carbonyl (C=O) groups is 1. The van der Waals surface area contributed by atoms with Crippen molar-refractivity contribution in [3.8, 4) is 22.1 Å². The number of thiazole rings is 1. The van der Waals surface area contributed by atoms with Gasteiger partial charge >= 0.3 is 6.18 Å². The van der Waals surface area contributed by atoms with E-state index in [2.05, 4.69) is 26.2 Å². The summed E-state index contributed by atoms with van der Waals surface area (Å²) in [6, 6.07) is 8.20. The van der Waals surface area contributed by atoms with Crippen molar-refractivity contribution >= 4 is 38.9 Å². The molecular formula is C20H14BrF3N2O3S. The normalized spacial score (nSPS) is 13.2. The van der Waals surface area contributed by atoms with Gasteiger partial charge < -0.3 is 14.8 Å². The number of nitrogens with one attached hydrogen (secondary N) is 1. The first kappa shape index (κ1) is 20.7. The maximum Gasteiger partial charge on any atom is 0.416 e. The lowest BCUT2D eigenvalue weighted by molar-refractivity contribution is -0.137. The maximum absolute atomic E-state index is 12.7. The van der Waals surface area contributed by atoms with Crippen LogP contribution in [0.25, 0.3) is 10.6 Å². The smallest absolute Gasteiger partial charge is 0.416 e. The standard InChI is InChI=1S/C20H14BrF3N2O3S/c21-14-8-16-17(29-6-5-28-16)9-15(14)26-18(27)7-13-10-30-19(25-13)11-1-3-12(4-2-11)20(22,23)24/h1-4,8-10H,5-7H2,(H,26,27). The second kappa shape index (κ2) is 8.27. The lowest BCUT2D eigenvalue weighted by Crippen LogP contribution is -2.17. The molecule has 5 nitrogen and oxygen atoms in total. The molecule has 2 heterocycles. The zero-order valence-electron chi connectivity index (χ0n) is 15.3. The summed E-state index contributed by atoms with van der Waals surface area (Å²) in [5, 5.41) is 5.06. The molecule has 0 bridgehead atoms. The summed E-state index contributed by atoms with van der Waals surface area (Å²) in [5.74, 6) is 0.876. The van der Waals surface area contributed by atoms with Crippen molar-refractivity contribution in [1.82, 2.24) is 4.98 Å². The number of rotatable bonds is 4. The predicted molar refractivity (Wildman–Crippen MR) is 110 cm³/mol. The van der Waals surface area contributed by atoms with Gasteiger partial charge in [-0.2, -0.15) is 13.2 Å². The van der Waals surface area contributed by atoms with Crippen molar-refractivity contribution in [3.63, 3.8) is 0 Å². The summed E-state index contributed by atoms with van der Waals surface area (Å²) in [6.07, 6.45) is -4.36. The second-order valence-electron chi connectivity index (χ2n) is 6.42. The largest absolute Gasteiger partial charge is 0.486 e. The molecule has 0 aliphatic carbocycles. The maximum atomic E-state index is 12.7. The van der Waals surface area contributed by atoms with E-state index >= 15 is 0 Å². The topological polar surface area (TPSA) is 60.5 Å². The monoisotopic (exact) mass is 498 g/mol. The number of anilines is 1. The minimum Gasteiger partial charge on any atom is -0.486 e. The molecule has 0 atom stereocenters. The first-order chi connectivity index (χ1) is 14.3. The Morgan fingerprint density at radius 3 is 2.47 bits per heavy atom. The quantitative estimate of drug-likeness (QED) is 0.512. The number of fused-ring (bicyclic) bond motifs is 1. The van der Waals surface area contributed by atoms with Gasteiger partial charge in [0.15, 0.2) is 11.5 Å². The highest BCUT2D eigenvalue weighted by Gasteiger charge is 2.30. The number of nitrogens with zero attached hydrogens (tertiary/aromatic N) is 1. The van der Waals surface area contributed by atoms with Gasteiger partial charge in [0.25, 0.3) is 0 Å². The highest BCUT2D eigenvalue weighted by molar-refractivity contribution is 9.10. The van der Waals surface area contributed by atoms with Crippen LogP contribution in [0.3, 0.4) is 0 Å². The highest BCUT2D eigenvalue weighted by Crippen LogP contribution is 2.38. The number of hydrogen-bond acceptors (Lipinski definition) is 5. The molecule has 0 radical (unpaired) electrons. The molecule has 0 fully saturated rings. The van der Waals surface area contributed by atoms with Crippen molar-refractivity contribution in [1.29, 1.82) is 0 Å². The van der Waals surface area contributed by atoms with Crippen LogP contribution in [0.4, 0.5) is 18.9 Å². The minimum atomic E-state index is -4.38. The molecule has 0 spiro atoms. The van der Waals surface area contributed by atoms with Crippen LogP contribution in [0, 0.1) is 0 Å². The van der Waals surface area contributed by atoms with Crippen molar-refractivity contribution in [2.45, 2.75) is 12.6 Å². The third kappa shape index (κ3) is 4.59. The van der Waals surface area contributed by atoms with Crippen LogP contribution in [-0.2, 0) is 17.4 Å². The SMILES string of the molecule is O=C(Cc1csc(-c2ccc(C(F)(F)F)cc2)n1)Nc1cc2c(cc1Br)OCCO2. The Morgan fingerprint density at radius 2 is 1.80 bits per heavy atom. The molecule has 2 aromatic carbocycles. The van der Waals surface area contributed by atoms with Crippen molar-refractivity contribution in [3.05, 3.63) is 57.5 Å². The number of halogens is 4. The number of benzene rings is 2. The Hall–Kier alpha value is -2.59. The molecule has 3 aromatic rings. The fourth-order valence-electron chi connectivity index (χ4n) is 2.84. The number of alkyl halides is 3. The van der Waals surface area contributed by atoms with Gasteiger partial charge in [-0.3, -0.25) is 4.79 Å². The van der Waals surface area contributed by atoms with E-state index in [1.165, 1.54) is 23.5 Å². The summed E-state index contributed by atoms with van der Waals surface area (Å²) in [6.45, 7) is 0.907. The fourth-order valence-corrected chi connectivity index (χ4v) is 4.09. The van der Waals surface area contributed by atoms with Gasteiger partial charge in [0, 0.05) is 27.5 Å². The summed E-state index contributed by atoms with van der Waals surface area (Å²) >= 11 is 4.67. The van der Waals surface area contributed by atoms with Crippen molar-refractivity contribution < 1.29 is 27.4 Å². The Labute approximate surface area is 182 Å².